The van der Waals surface area contributed by atoms with Crippen molar-refractivity contribution in [3.8, 4) is 11.8 Å². The van der Waals surface area contributed by atoms with Crippen LogP contribution in [0.15, 0.2) is 30.7 Å². The predicted molar refractivity (Wildman–Crippen MR) is 80.9 cm³/mol. The number of aliphatic hydroxyl groups excluding tert-OH is 1. The Hall–Kier alpha value is -2.58. The average molecular weight is 283 g/mol. The first-order chi connectivity index (χ1) is 10.1. The van der Waals surface area contributed by atoms with Crippen LogP contribution in [-0.4, -0.2) is 27.2 Å². The number of aromatic nitrogens is 2. The number of hydrogen-bond acceptors (Lipinski definition) is 3. The summed E-state index contributed by atoms with van der Waals surface area (Å²) in [7, 11) is 1.82. The molecular weight excluding hydrogens is 266 g/mol. The number of hydrogen-bond donors (Lipinski definition) is 2. The molecule has 0 bridgehead atoms. The Balaban J connectivity index is 2.21. The van der Waals surface area contributed by atoms with Gasteiger partial charge in [0.05, 0.1) is 6.33 Å². The number of carbonyl (C=O) groups excluding carboxylic acids is 1. The van der Waals surface area contributed by atoms with Gasteiger partial charge in [0.2, 0.25) is 0 Å². The third-order valence-corrected chi connectivity index (χ3v) is 2.98. The number of carbonyl (C=O) groups is 1. The van der Waals surface area contributed by atoms with Crippen molar-refractivity contribution in [1.29, 1.82) is 0 Å². The summed E-state index contributed by atoms with van der Waals surface area (Å²) in [5.74, 6) is 5.23. The number of amides is 1. The summed E-state index contributed by atoms with van der Waals surface area (Å²) in [5.41, 5.74) is 2.94. The molecule has 1 aromatic carbocycles. The minimum Gasteiger partial charge on any atom is -0.384 e. The minimum absolute atomic E-state index is 0.167. The van der Waals surface area contributed by atoms with Gasteiger partial charge in [0.1, 0.15) is 12.3 Å². The quantitative estimate of drug-likeness (QED) is 0.840. The van der Waals surface area contributed by atoms with Crippen molar-refractivity contribution < 1.29 is 9.90 Å². The normalized spacial score (nSPS) is 9.86. The summed E-state index contributed by atoms with van der Waals surface area (Å²) in [6.07, 6.45) is 4.03. The van der Waals surface area contributed by atoms with Crippen LogP contribution in [0.25, 0.3) is 0 Å². The van der Waals surface area contributed by atoms with Crippen molar-refractivity contribution in [3.63, 3.8) is 0 Å². The fourth-order valence-electron chi connectivity index (χ4n) is 1.94. The van der Waals surface area contributed by atoms with Gasteiger partial charge in [-0.2, -0.15) is 0 Å². The molecule has 0 saturated carbocycles. The molecule has 0 aliphatic carbocycles. The van der Waals surface area contributed by atoms with E-state index >= 15 is 0 Å². The molecule has 0 atom stereocenters. The molecule has 0 fully saturated rings. The van der Waals surface area contributed by atoms with Crippen LogP contribution in [-0.2, 0) is 13.5 Å². The molecule has 5 heteroatoms. The molecule has 2 aromatic rings. The molecule has 1 amide bonds. The zero-order valence-corrected chi connectivity index (χ0v) is 12.1. The van der Waals surface area contributed by atoms with E-state index in [1.165, 1.54) is 0 Å². The lowest BCUT2D eigenvalue weighted by Gasteiger charge is -2.09. The van der Waals surface area contributed by atoms with Gasteiger partial charge in [-0.25, -0.2) is 4.98 Å². The number of anilines is 1. The molecule has 0 unspecified atom stereocenters. The van der Waals surface area contributed by atoms with Gasteiger partial charge in [0, 0.05) is 24.5 Å². The summed E-state index contributed by atoms with van der Waals surface area (Å²) >= 11 is 0. The number of benzene rings is 1. The molecule has 1 heterocycles. The summed E-state index contributed by atoms with van der Waals surface area (Å²) in [6, 6.07) is 5.55. The molecule has 0 aliphatic heterocycles. The van der Waals surface area contributed by atoms with E-state index in [-0.39, 0.29) is 12.5 Å². The molecule has 108 valence electrons. The molecule has 0 spiro atoms. The van der Waals surface area contributed by atoms with Crippen LogP contribution in [0.3, 0.4) is 0 Å². The first-order valence-corrected chi connectivity index (χ1v) is 6.66. The van der Waals surface area contributed by atoms with E-state index < -0.39 is 0 Å². The highest BCUT2D eigenvalue weighted by atomic mass is 16.2. The lowest BCUT2D eigenvalue weighted by Crippen LogP contribution is -2.13. The smallest absolute Gasteiger partial charge is 0.275 e. The van der Waals surface area contributed by atoms with Crippen LogP contribution in [0.5, 0.6) is 0 Å². The van der Waals surface area contributed by atoms with Crippen LogP contribution in [0.1, 0.15) is 28.5 Å². The second kappa shape index (κ2) is 6.73. The summed E-state index contributed by atoms with van der Waals surface area (Å²) in [4.78, 5) is 16.1. The van der Waals surface area contributed by atoms with Crippen LogP contribution in [0.4, 0.5) is 5.69 Å². The predicted octanol–water partition coefficient (Wildman–Crippen LogP) is 1.58. The Bertz CT molecular complexity index is 708. The van der Waals surface area contributed by atoms with E-state index in [2.05, 4.69) is 22.1 Å². The van der Waals surface area contributed by atoms with Gasteiger partial charge in [-0.3, -0.25) is 4.79 Å². The van der Waals surface area contributed by atoms with Gasteiger partial charge >= 0.3 is 0 Å². The first kappa shape index (κ1) is 14.8. The molecule has 5 nitrogen and oxygen atoms in total. The Kier molecular flexibility index (Phi) is 4.75. The number of nitrogens with one attached hydrogen (secondary N) is 1. The largest absolute Gasteiger partial charge is 0.384 e. The average Bonchev–Trinajstić information content (AvgIpc) is 2.92. The maximum Gasteiger partial charge on any atom is 0.275 e. The number of aliphatic hydroxyl groups is 1. The topological polar surface area (TPSA) is 67.2 Å². The number of nitrogens with zero attached hydrogens (tertiary/aromatic N) is 2. The monoisotopic (exact) mass is 283 g/mol. The van der Waals surface area contributed by atoms with Crippen molar-refractivity contribution in [3.05, 3.63) is 47.5 Å². The van der Waals surface area contributed by atoms with Crippen molar-refractivity contribution in [1.82, 2.24) is 9.55 Å². The van der Waals surface area contributed by atoms with Crippen LogP contribution in [0, 0.1) is 11.8 Å². The van der Waals surface area contributed by atoms with Crippen LogP contribution < -0.4 is 5.32 Å². The van der Waals surface area contributed by atoms with Gasteiger partial charge < -0.3 is 15.0 Å². The van der Waals surface area contributed by atoms with Crippen molar-refractivity contribution >= 4 is 11.6 Å². The van der Waals surface area contributed by atoms with E-state index in [0.717, 1.165) is 23.2 Å². The molecule has 2 N–H and O–H groups in total. The minimum atomic E-state index is -0.237. The van der Waals surface area contributed by atoms with Gasteiger partial charge in [-0.05, 0) is 30.2 Å². The zero-order valence-electron chi connectivity index (χ0n) is 12.1. The standard InChI is InChI=1S/C16H17N3O2/c1-3-13-9-12(5-4-8-20)6-7-14(13)18-16(21)15-10-19(2)11-17-15/h6-7,9-11,20H,3,8H2,1-2H3,(H,18,21). The highest BCUT2D eigenvalue weighted by molar-refractivity contribution is 6.03. The SMILES string of the molecule is CCc1cc(C#CCO)ccc1NC(=O)c1cn(C)cn1. The second-order valence-electron chi connectivity index (χ2n) is 4.56. The maximum absolute atomic E-state index is 12.1. The van der Waals surface area contributed by atoms with Gasteiger partial charge in [-0.15, -0.1) is 0 Å². The fourth-order valence-corrected chi connectivity index (χ4v) is 1.94. The highest BCUT2D eigenvalue weighted by Gasteiger charge is 2.11. The van der Waals surface area contributed by atoms with Gasteiger partial charge in [0.15, 0.2) is 0 Å². The molecule has 2 rings (SSSR count). The number of rotatable bonds is 3. The summed E-state index contributed by atoms with van der Waals surface area (Å²) in [6.45, 7) is 1.84. The molecule has 1 aromatic heterocycles. The summed E-state index contributed by atoms with van der Waals surface area (Å²) < 4.78 is 1.73. The fraction of sp³-hybridized carbons (Fsp3) is 0.250. The highest BCUT2D eigenvalue weighted by Crippen LogP contribution is 2.18. The Morgan fingerprint density at radius 3 is 2.90 bits per heavy atom. The third-order valence-electron chi connectivity index (χ3n) is 2.98. The molecule has 21 heavy (non-hydrogen) atoms. The maximum atomic E-state index is 12.1. The Labute approximate surface area is 123 Å². The second-order valence-corrected chi connectivity index (χ2v) is 4.56. The van der Waals surface area contributed by atoms with Gasteiger partial charge in [0.25, 0.3) is 5.91 Å². The first-order valence-electron chi connectivity index (χ1n) is 6.66. The number of aryl methyl sites for hydroxylation is 2. The van der Waals surface area contributed by atoms with Crippen LogP contribution in [0.2, 0.25) is 0 Å². The van der Waals surface area contributed by atoms with E-state index in [1.54, 1.807) is 17.1 Å². The Morgan fingerprint density at radius 1 is 1.48 bits per heavy atom. The van der Waals surface area contributed by atoms with Gasteiger partial charge in [-0.1, -0.05) is 18.8 Å². The van der Waals surface area contributed by atoms with Crippen molar-refractivity contribution in [2.75, 3.05) is 11.9 Å². The third kappa shape index (κ3) is 3.71. The van der Waals surface area contributed by atoms with Crippen molar-refractivity contribution in [2.45, 2.75) is 13.3 Å². The van der Waals surface area contributed by atoms with E-state index in [1.807, 2.05) is 32.2 Å². The number of imidazole rings is 1. The van der Waals surface area contributed by atoms with E-state index in [9.17, 15) is 4.79 Å². The lowest BCUT2D eigenvalue weighted by atomic mass is 10.1. The van der Waals surface area contributed by atoms with E-state index in [0.29, 0.717) is 5.69 Å². The van der Waals surface area contributed by atoms with E-state index in [4.69, 9.17) is 5.11 Å². The van der Waals surface area contributed by atoms with Crippen LogP contribution >= 0.6 is 0 Å². The van der Waals surface area contributed by atoms with Crippen molar-refractivity contribution in [2.24, 2.45) is 7.05 Å². The lowest BCUT2D eigenvalue weighted by molar-refractivity contribution is 0.102. The summed E-state index contributed by atoms with van der Waals surface area (Å²) in [5, 5.41) is 11.6. The molecule has 0 aliphatic rings. The molecule has 0 saturated heterocycles. The Morgan fingerprint density at radius 2 is 2.29 bits per heavy atom. The zero-order chi connectivity index (χ0) is 15.2. The molecule has 0 radical (unpaired) electrons. The molecular formula is C16H17N3O2.